The van der Waals surface area contributed by atoms with Crippen LogP contribution in [-0.4, -0.2) is 48.6 Å². The molecule has 1 N–H and O–H groups in total. The van der Waals surface area contributed by atoms with Crippen molar-refractivity contribution >= 4 is 57.5 Å². The second-order valence-corrected chi connectivity index (χ2v) is 7.07. The number of hydrazone groups is 1. The van der Waals surface area contributed by atoms with Gasteiger partial charge in [-0.2, -0.15) is 5.10 Å². The van der Waals surface area contributed by atoms with Crippen molar-refractivity contribution in [2.24, 2.45) is 5.10 Å². The molecule has 0 spiro atoms. The fourth-order valence-corrected chi connectivity index (χ4v) is 3.37. The number of thiazole rings is 1. The molecule has 0 bridgehead atoms. The van der Waals surface area contributed by atoms with E-state index in [9.17, 15) is 4.79 Å². The van der Waals surface area contributed by atoms with E-state index in [1.165, 1.54) is 11.3 Å². The van der Waals surface area contributed by atoms with Crippen molar-refractivity contribution < 1.29 is 9.53 Å². The van der Waals surface area contributed by atoms with Crippen LogP contribution in [0.4, 0.5) is 10.8 Å². The third-order valence-corrected chi connectivity index (χ3v) is 4.66. The maximum absolute atomic E-state index is 11.5. The van der Waals surface area contributed by atoms with Gasteiger partial charge in [-0.15, -0.1) is 34.5 Å². The molecule has 0 unspecified atom stereocenters. The number of nitrogens with one attached hydrogen (secondary N) is 1. The normalized spacial score (nSPS) is 10.9. The van der Waals surface area contributed by atoms with Gasteiger partial charge in [0.1, 0.15) is 0 Å². The lowest BCUT2D eigenvalue weighted by Crippen LogP contribution is -2.27. The third-order valence-electron chi connectivity index (χ3n) is 3.52. The van der Waals surface area contributed by atoms with E-state index in [2.05, 4.69) is 20.4 Å². The SMILES string of the molecule is CCOC(=O)Cc1csc(NN=Cc2ccc(N(CCCl)CCCl)cc2)n1. The summed E-state index contributed by atoms with van der Waals surface area (Å²) in [5.74, 6) is 0.821. The summed E-state index contributed by atoms with van der Waals surface area (Å²) in [5, 5.41) is 6.62. The highest BCUT2D eigenvalue weighted by molar-refractivity contribution is 7.13. The van der Waals surface area contributed by atoms with Crippen LogP contribution in [0.25, 0.3) is 0 Å². The number of ether oxygens (including phenoxy) is 1. The van der Waals surface area contributed by atoms with E-state index in [0.29, 0.717) is 29.2 Å². The Balaban J connectivity index is 1.89. The molecule has 2 aromatic rings. The number of alkyl halides is 2. The highest BCUT2D eigenvalue weighted by atomic mass is 35.5. The van der Waals surface area contributed by atoms with Gasteiger partial charge in [0.25, 0.3) is 0 Å². The molecule has 0 fully saturated rings. The molecule has 1 aromatic heterocycles. The fraction of sp³-hybridized carbons (Fsp3) is 0.389. The molecule has 0 radical (unpaired) electrons. The third kappa shape index (κ3) is 7.36. The van der Waals surface area contributed by atoms with Gasteiger partial charge in [0.05, 0.1) is 24.9 Å². The lowest BCUT2D eigenvalue weighted by atomic mass is 10.2. The van der Waals surface area contributed by atoms with E-state index in [1.54, 1.807) is 13.1 Å². The monoisotopic (exact) mass is 428 g/mol. The zero-order valence-corrected chi connectivity index (χ0v) is 17.4. The van der Waals surface area contributed by atoms with Crippen molar-refractivity contribution in [3.63, 3.8) is 0 Å². The van der Waals surface area contributed by atoms with E-state index in [0.717, 1.165) is 24.3 Å². The maximum atomic E-state index is 11.5. The topological polar surface area (TPSA) is 66.8 Å². The van der Waals surface area contributed by atoms with Gasteiger partial charge in [-0.1, -0.05) is 12.1 Å². The lowest BCUT2D eigenvalue weighted by Gasteiger charge is -2.22. The number of aromatic nitrogens is 1. The van der Waals surface area contributed by atoms with Crippen LogP contribution in [0, 0.1) is 0 Å². The number of hydrogen-bond acceptors (Lipinski definition) is 7. The molecule has 0 aliphatic carbocycles. The number of esters is 1. The van der Waals surface area contributed by atoms with Crippen molar-refractivity contribution in [2.45, 2.75) is 13.3 Å². The minimum atomic E-state index is -0.282. The number of halogens is 2. The average molecular weight is 429 g/mol. The van der Waals surface area contributed by atoms with Gasteiger partial charge < -0.3 is 9.64 Å². The van der Waals surface area contributed by atoms with Gasteiger partial charge in [0, 0.05) is 35.9 Å². The molecular weight excluding hydrogens is 407 g/mol. The quantitative estimate of drug-likeness (QED) is 0.253. The molecule has 0 saturated carbocycles. The second kappa shape index (κ2) is 11.8. The Labute approximate surface area is 173 Å². The fourth-order valence-electron chi connectivity index (χ4n) is 2.31. The maximum Gasteiger partial charge on any atom is 0.311 e. The number of nitrogens with zero attached hydrogens (tertiary/aromatic N) is 3. The van der Waals surface area contributed by atoms with Crippen LogP contribution in [-0.2, 0) is 16.0 Å². The van der Waals surface area contributed by atoms with Crippen molar-refractivity contribution in [3.8, 4) is 0 Å². The summed E-state index contributed by atoms with van der Waals surface area (Å²) in [5.41, 5.74) is 5.57. The van der Waals surface area contributed by atoms with E-state index in [4.69, 9.17) is 27.9 Å². The van der Waals surface area contributed by atoms with E-state index < -0.39 is 0 Å². The van der Waals surface area contributed by atoms with Gasteiger partial charge in [-0.25, -0.2) is 4.98 Å². The Morgan fingerprint density at radius 2 is 2.00 bits per heavy atom. The largest absolute Gasteiger partial charge is 0.466 e. The number of hydrogen-bond donors (Lipinski definition) is 1. The summed E-state index contributed by atoms with van der Waals surface area (Å²) >= 11 is 13.1. The Kier molecular flexibility index (Phi) is 9.38. The zero-order chi connectivity index (χ0) is 19.5. The summed E-state index contributed by atoms with van der Waals surface area (Å²) in [7, 11) is 0. The second-order valence-electron chi connectivity index (χ2n) is 5.45. The average Bonchev–Trinajstić information content (AvgIpc) is 3.09. The van der Waals surface area contributed by atoms with E-state index >= 15 is 0 Å². The predicted octanol–water partition coefficient (Wildman–Crippen LogP) is 3.98. The van der Waals surface area contributed by atoms with Gasteiger partial charge in [-0.05, 0) is 24.6 Å². The molecule has 146 valence electrons. The molecule has 1 aromatic carbocycles. The number of benzene rings is 1. The zero-order valence-electron chi connectivity index (χ0n) is 15.0. The minimum absolute atomic E-state index is 0.165. The summed E-state index contributed by atoms with van der Waals surface area (Å²) in [6.07, 6.45) is 1.88. The highest BCUT2D eigenvalue weighted by Crippen LogP contribution is 2.17. The first-order valence-corrected chi connectivity index (χ1v) is 10.5. The molecule has 27 heavy (non-hydrogen) atoms. The van der Waals surface area contributed by atoms with Crippen LogP contribution in [0.5, 0.6) is 0 Å². The molecule has 0 aliphatic heterocycles. The Hall–Kier alpha value is -1.83. The van der Waals surface area contributed by atoms with Crippen molar-refractivity contribution in [2.75, 3.05) is 41.8 Å². The molecule has 2 rings (SSSR count). The van der Waals surface area contributed by atoms with Crippen LogP contribution >= 0.6 is 34.5 Å². The lowest BCUT2D eigenvalue weighted by molar-refractivity contribution is -0.142. The van der Waals surface area contributed by atoms with Crippen molar-refractivity contribution in [3.05, 3.63) is 40.9 Å². The first kappa shape index (κ1) is 21.5. The van der Waals surface area contributed by atoms with E-state index in [-0.39, 0.29) is 12.4 Å². The standard InChI is InChI=1S/C18H22Cl2N4O2S/c1-2-26-17(25)11-15-13-27-18(22-15)23-21-12-14-3-5-16(6-4-14)24(9-7-19)10-8-20/h3-6,12-13H,2,7-11H2,1H3,(H,22,23). The predicted molar refractivity (Wildman–Crippen MR) is 114 cm³/mol. The summed E-state index contributed by atoms with van der Waals surface area (Å²) in [6.45, 7) is 3.65. The highest BCUT2D eigenvalue weighted by Gasteiger charge is 2.08. The molecule has 0 atom stereocenters. The molecular formula is C18H22Cl2N4O2S. The number of rotatable bonds is 11. The minimum Gasteiger partial charge on any atom is -0.466 e. The van der Waals surface area contributed by atoms with Crippen LogP contribution in [0.3, 0.4) is 0 Å². The van der Waals surface area contributed by atoms with Crippen LogP contribution in [0.1, 0.15) is 18.2 Å². The van der Waals surface area contributed by atoms with Gasteiger partial charge in [-0.3, -0.25) is 10.2 Å². The Bertz CT molecular complexity index is 731. The molecule has 0 amide bonds. The Morgan fingerprint density at radius 1 is 1.30 bits per heavy atom. The van der Waals surface area contributed by atoms with Gasteiger partial charge >= 0.3 is 5.97 Å². The first-order chi connectivity index (χ1) is 13.2. The van der Waals surface area contributed by atoms with Crippen LogP contribution in [0.2, 0.25) is 0 Å². The summed E-state index contributed by atoms with van der Waals surface area (Å²) in [4.78, 5) is 17.9. The number of carbonyl (C=O) groups excluding carboxylic acids is 1. The summed E-state index contributed by atoms with van der Waals surface area (Å²) < 4.78 is 4.91. The number of anilines is 2. The van der Waals surface area contributed by atoms with Crippen molar-refractivity contribution in [1.82, 2.24) is 4.98 Å². The molecule has 1 heterocycles. The van der Waals surface area contributed by atoms with Crippen LogP contribution in [0.15, 0.2) is 34.7 Å². The smallest absolute Gasteiger partial charge is 0.311 e. The van der Waals surface area contributed by atoms with Gasteiger partial charge in [0.15, 0.2) is 0 Å². The summed E-state index contributed by atoms with van der Waals surface area (Å²) in [6, 6.07) is 7.98. The molecule has 9 heteroatoms. The van der Waals surface area contributed by atoms with Gasteiger partial charge in [0.2, 0.25) is 5.13 Å². The number of carbonyl (C=O) groups is 1. The molecule has 0 saturated heterocycles. The molecule has 6 nitrogen and oxygen atoms in total. The van der Waals surface area contributed by atoms with E-state index in [1.807, 2.05) is 29.6 Å². The Morgan fingerprint density at radius 3 is 2.63 bits per heavy atom. The van der Waals surface area contributed by atoms with Crippen molar-refractivity contribution in [1.29, 1.82) is 0 Å². The van der Waals surface area contributed by atoms with Crippen LogP contribution < -0.4 is 10.3 Å². The first-order valence-electron chi connectivity index (χ1n) is 8.52. The molecule has 0 aliphatic rings.